The van der Waals surface area contributed by atoms with Crippen molar-refractivity contribution in [1.82, 2.24) is 14.9 Å². The zero-order valence-corrected chi connectivity index (χ0v) is 20.7. The van der Waals surface area contributed by atoms with E-state index in [1.54, 1.807) is 31.1 Å². The number of hydrogen-bond acceptors (Lipinski definition) is 6. The minimum Gasteiger partial charge on any atom is -0.473 e. The standard InChI is InChI=1S/C27H32N6O2/c1-6-21-18(3)23(17(2)11-22(21)27(28)29)14-30-24-13-25(32-16-31-24)35-15-20-9-7-19(8-10-20)12-26(34)33(4)5/h6-11,13,16H,1,12,14-15H2,2-5H3,(H3,28,29)(H,30,31,32). The number of benzene rings is 2. The molecular formula is C27H32N6O2. The molecule has 0 saturated carbocycles. The second-order valence-corrected chi connectivity index (χ2v) is 8.54. The highest BCUT2D eigenvalue weighted by Crippen LogP contribution is 2.25. The van der Waals surface area contributed by atoms with E-state index >= 15 is 0 Å². The highest BCUT2D eigenvalue weighted by atomic mass is 16.5. The lowest BCUT2D eigenvalue weighted by atomic mass is 9.92. The van der Waals surface area contributed by atoms with Crippen molar-refractivity contribution in [2.45, 2.75) is 33.4 Å². The van der Waals surface area contributed by atoms with Gasteiger partial charge >= 0.3 is 0 Å². The van der Waals surface area contributed by atoms with Crippen molar-refractivity contribution in [2.75, 3.05) is 19.4 Å². The fourth-order valence-electron chi connectivity index (χ4n) is 3.74. The molecule has 0 unspecified atom stereocenters. The van der Waals surface area contributed by atoms with Crippen molar-refractivity contribution in [3.8, 4) is 5.88 Å². The van der Waals surface area contributed by atoms with Gasteiger partial charge in [-0.2, -0.15) is 0 Å². The molecule has 0 aliphatic carbocycles. The van der Waals surface area contributed by atoms with Crippen LogP contribution in [-0.4, -0.2) is 40.7 Å². The summed E-state index contributed by atoms with van der Waals surface area (Å²) in [5, 5.41) is 11.2. The fourth-order valence-corrected chi connectivity index (χ4v) is 3.74. The maximum Gasteiger partial charge on any atom is 0.226 e. The molecule has 0 fully saturated rings. The fraction of sp³-hybridized carbons (Fsp3) is 0.259. The van der Waals surface area contributed by atoms with E-state index in [1.807, 2.05) is 44.2 Å². The van der Waals surface area contributed by atoms with Gasteiger partial charge < -0.3 is 20.7 Å². The Morgan fingerprint density at radius 1 is 1.17 bits per heavy atom. The number of carbonyl (C=O) groups is 1. The number of rotatable bonds is 10. The molecule has 0 radical (unpaired) electrons. The van der Waals surface area contributed by atoms with Crippen molar-refractivity contribution in [3.05, 3.63) is 88.2 Å². The van der Waals surface area contributed by atoms with Crippen LogP contribution >= 0.6 is 0 Å². The van der Waals surface area contributed by atoms with Gasteiger partial charge in [0, 0.05) is 32.3 Å². The predicted octanol–water partition coefficient (Wildman–Crippen LogP) is 3.84. The van der Waals surface area contributed by atoms with Crippen molar-refractivity contribution >= 4 is 23.6 Å². The van der Waals surface area contributed by atoms with Gasteiger partial charge in [-0.05, 0) is 53.3 Å². The summed E-state index contributed by atoms with van der Waals surface area (Å²) in [6, 6.07) is 11.4. The number of nitrogens with one attached hydrogen (secondary N) is 2. The number of nitrogens with two attached hydrogens (primary N) is 1. The van der Waals surface area contributed by atoms with E-state index in [1.165, 1.54) is 6.33 Å². The molecule has 8 heteroatoms. The first-order valence-corrected chi connectivity index (χ1v) is 11.3. The molecule has 35 heavy (non-hydrogen) atoms. The Morgan fingerprint density at radius 3 is 2.49 bits per heavy atom. The van der Waals surface area contributed by atoms with Gasteiger partial charge in [0.2, 0.25) is 11.8 Å². The van der Waals surface area contributed by atoms with Gasteiger partial charge in [0.1, 0.15) is 24.6 Å². The average Bonchev–Trinajstić information content (AvgIpc) is 2.83. The number of amidine groups is 1. The SMILES string of the molecule is C=Cc1c(C(=N)N)cc(C)c(CNc2cc(OCc3ccc(CC(=O)N(C)C)cc3)ncn2)c1C. The molecule has 8 nitrogen and oxygen atoms in total. The number of likely N-dealkylation sites (N-methyl/N-ethyl adjacent to an activating group) is 1. The molecule has 4 N–H and O–H groups in total. The van der Waals surface area contributed by atoms with E-state index in [0.717, 1.165) is 33.4 Å². The van der Waals surface area contributed by atoms with Gasteiger partial charge in [0.05, 0.1) is 6.42 Å². The largest absolute Gasteiger partial charge is 0.473 e. The first-order valence-electron chi connectivity index (χ1n) is 11.3. The lowest BCUT2D eigenvalue weighted by Crippen LogP contribution is -2.23. The summed E-state index contributed by atoms with van der Waals surface area (Å²) in [5.41, 5.74) is 12.4. The van der Waals surface area contributed by atoms with Crippen LogP contribution in [0.25, 0.3) is 6.08 Å². The third-order valence-electron chi connectivity index (χ3n) is 5.83. The molecule has 0 aliphatic heterocycles. The van der Waals surface area contributed by atoms with Crippen LogP contribution < -0.4 is 15.8 Å². The van der Waals surface area contributed by atoms with Crippen molar-refractivity contribution in [3.63, 3.8) is 0 Å². The molecule has 0 bridgehead atoms. The maximum absolute atomic E-state index is 11.9. The molecule has 1 amide bonds. The first kappa shape index (κ1) is 25.4. The van der Waals surface area contributed by atoms with Crippen LogP contribution in [0.3, 0.4) is 0 Å². The first-order chi connectivity index (χ1) is 16.7. The molecule has 182 valence electrons. The summed E-state index contributed by atoms with van der Waals surface area (Å²) >= 11 is 0. The Hall–Kier alpha value is -4.20. The number of nitrogens with zero attached hydrogens (tertiary/aromatic N) is 3. The summed E-state index contributed by atoms with van der Waals surface area (Å²) in [5.74, 6) is 1.19. The van der Waals surface area contributed by atoms with E-state index in [9.17, 15) is 4.79 Å². The number of anilines is 1. The lowest BCUT2D eigenvalue weighted by molar-refractivity contribution is -0.127. The normalized spacial score (nSPS) is 10.5. The number of hydrogen-bond donors (Lipinski definition) is 3. The van der Waals surface area contributed by atoms with Crippen molar-refractivity contribution in [1.29, 1.82) is 5.41 Å². The molecule has 3 aromatic rings. The summed E-state index contributed by atoms with van der Waals surface area (Å²) in [6.07, 6.45) is 3.57. The molecule has 0 saturated heterocycles. The van der Waals surface area contributed by atoms with E-state index in [-0.39, 0.29) is 11.7 Å². The van der Waals surface area contributed by atoms with Crippen LogP contribution in [0, 0.1) is 19.3 Å². The number of aromatic nitrogens is 2. The highest BCUT2D eigenvalue weighted by molar-refractivity contribution is 5.99. The number of carbonyl (C=O) groups excluding carboxylic acids is 1. The van der Waals surface area contributed by atoms with Gasteiger partial charge in [-0.25, -0.2) is 9.97 Å². The summed E-state index contributed by atoms with van der Waals surface area (Å²) < 4.78 is 5.85. The second-order valence-electron chi connectivity index (χ2n) is 8.54. The topological polar surface area (TPSA) is 117 Å². The summed E-state index contributed by atoms with van der Waals surface area (Å²) in [7, 11) is 3.50. The molecule has 0 aliphatic rings. The Balaban J connectivity index is 1.64. The molecule has 1 aromatic heterocycles. The maximum atomic E-state index is 11.9. The molecule has 3 rings (SSSR count). The smallest absolute Gasteiger partial charge is 0.226 e. The Kier molecular flexibility index (Phi) is 8.20. The van der Waals surface area contributed by atoms with Gasteiger partial charge in [0.15, 0.2) is 0 Å². The Bertz CT molecular complexity index is 1240. The monoisotopic (exact) mass is 472 g/mol. The highest BCUT2D eigenvalue weighted by Gasteiger charge is 2.13. The molecular weight excluding hydrogens is 440 g/mol. The van der Waals surface area contributed by atoms with Crippen LogP contribution in [0.15, 0.2) is 49.3 Å². The van der Waals surface area contributed by atoms with Crippen LogP contribution in [0.1, 0.15) is 38.9 Å². The zero-order valence-electron chi connectivity index (χ0n) is 20.7. The van der Waals surface area contributed by atoms with Crippen LogP contribution in [0.2, 0.25) is 0 Å². The minimum atomic E-state index is 0.0277. The number of ether oxygens (including phenoxy) is 1. The van der Waals surface area contributed by atoms with Crippen LogP contribution in [0.4, 0.5) is 5.82 Å². The number of aryl methyl sites for hydroxylation is 1. The second kappa shape index (κ2) is 11.3. The average molecular weight is 473 g/mol. The van der Waals surface area contributed by atoms with Crippen LogP contribution in [-0.2, 0) is 24.4 Å². The van der Waals surface area contributed by atoms with Crippen molar-refractivity contribution < 1.29 is 9.53 Å². The minimum absolute atomic E-state index is 0.0277. The summed E-state index contributed by atoms with van der Waals surface area (Å²) in [6.45, 7) is 8.78. The third-order valence-corrected chi connectivity index (χ3v) is 5.83. The van der Waals surface area contributed by atoms with Crippen molar-refractivity contribution in [2.24, 2.45) is 5.73 Å². The van der Waals surface area contributed by atoms with E-state index < -0.39 is 0 Å². The zero-order chi connectivity index (χ0) is 25.5. The Morgan fingerprint density at radius 2 is 1.86 bits per heavy atom. The molecule has 2 aromatic carbocycles. The van der Waals surface area contributed by atoms with Gasteiger partial charge in [-0.3, -0.25) is 10.2 Å². The van der Waals surface area contributed by atoms with E-state index in [2.05, 4.69) is 21.9 Å². The third kappa shape index (κ3) is 6.44. The molecule has 1 heterocycles. The summed E-state index contributed by atoms with van der Waals surface area (Å²) in [4.78, 5) is 21.9. The number of nitrogen functional groups attached to an aromatic ring is 1. The molecule has 0 atom stereocenters. The predicted molar refractivity (Wildman–Crippen MR) is 140 cm³/mol. The number of amides is 1. The Labute approximate surface area is 206 Å². The van der Waals surface area contributed by atoms with Gasteiger partial charge in [0.25, 0.3) is 0 Å². The van der Waals surface area contributed by atoms with Gasteiger partial charge in [-0.15, -0.1) is 0 Å². The van der Waals surface area contributed by atoms with E-state index in [0.29, 0.717) is 36.8 Å². The van der Waals surface area contributed by atoms with Gasteiger partial charge in [-0.1, -0.05) is 36.9 Å². The quantitative estimate of drug-likeness (QED) is 0.305. The van der Waals surface area contributed by atoms with Crippen LogP contribution in [0.5, 0.6) is 5.88 Å². The lowest BCUT2D eigenvalue weighted by Gasteiger charge is -2.17. The molecule has 0 spiro atoms. The van der Waals surface area contributed by atoms with E-state index in [4.69, 9.17) is 15.9 Å².